The lowest BCUT2D eigenvalue weighted by atomic mass is 10.1. The number of nitro groups is 1. The summed E-state index contributed by atoms with van der Waals surface area (Å²) in [7, 11) is 1.57. The molecule has 9 nitrogen and oxygen atoms in total. The van der Waals surface area contributed by atoms with Gasteiger partial charge in [0, 0.05) is 25.7 Å². The Morgan fingerprint density at radius 2 is 1.76 bits per heavy atom. The number of carbonyl (C=O) groups is 3. The molecule has 0 N–H and O–H groups in total. The monoisotopic (exact) mass is 397 g/mol. The molecular weight excluding hydrogens is 378 g/mol. The van der Waals surface area contributed by atoms with Gasteiger partial charge in [0.2, 0.25) is 5.91 Å². The first-order valence-electron chi connectivity index (χ1n) is 8.92. The summed E-state index contributed by atoms with van der Waals surface area (Å²) < 4.78 is 5.38. The highest BCUT2D eigenvalue weighted by Crippen LogP contribution is 2.26. The number of non-ortho nitro benzene ring substituents is 1. The largest absolute Gasteiger partial charge is 0.494 e. The Labute approximate surface area is 166 Å². The van der Waals surface area contributed by atoms with Gasteiger partial charge in [-0.1, -0.05) is 12.1 Å². The highest BCUT2D eigenvalue weighted by atomic mass is 16.6. The van der Waals surface area contributed by atoms with Crippen LogP contribution in [0, 0.1) is 10.1 Å². The van der Waals surface area contributed by atoms with E-state index in [1.807, 2.05) is 19.1 Å². The van der Waals surface area contributed by atoms with Crippen molar-refractivity contribution < 1.29 is 24.0 Å². The van der Waals surface area contributed by atoms with Crippen molar-refractivity contribution in [1.29, 1.82) is 0 Å². The summed E-state index contributed by atoms with van der Waals surface area (Å²) >= 11 is 0. The molecule has 0 unspecified atom stereocenters. The van der Waals surface area contributed by atoms with E-state index in [1.54, 1.807) is 19.2 Å². The third-order valence-electron chi connectivity index (χ3n) is 4.54. The second kappa shape index (κ2) is 8.09. The van der Waals surface area contributed by atoms with Gasteiger partial charge in [0.1, 0.15) is 12.3 Å². The van der Waals surface area contributed by atoms with Crippen LogP contribution in [-0.2, 0) is 11.3 Å². The van der Waals surface area contributed by atoms with E-state index in [9.17, 15) is 24.5 Å². The highest BCUT2D eigenvalue weighted by molar-refractivity contribution is 6.22. The molecule has 0 saturated carbocycles. The number of amides is 3. The second-order valence-electron chi connectivity index (χ2n) is 6.51. The van der Waals surface area contributed by atoms with E-state index >= 15 is 0 Å². The standard InChI is InChI=1S/C20H19N3O6/c1-3-29-15-7-4-13(5-8-15)11-21(2)18(24)12-22-19(25)16-9-6-14(23(27)28)10-17(16)20(22)26/h4-10H,3,11-12H2,1-2H3. The summed E-state index contributed by atoms with van der Waals surface area (Å²) in [6.07, 6.45) is 0. The Bertz CT molecular complexity index is 986. The minimum Gasteiger partial charge on any atom is -0.494 e. The van der Waals surface area contributed by atoms with Crippen LogP contribution in [0.5, 0.6) is 5.75 Å². The Morgan fingerprint density at radius 3 is 2.38 bits per heavy atom. The Kier molecular flexibility index (Phi) is 5.58. The number of benzene rings is 2. The Balaban J connectivity index is 1.67. The molecule has 1 aliphatic rings. The molecule has 0 bridgehead atoms. The van der Waals surface area contributed by atoms with Crippen LogP contribution < -0.4 is 4.74 Å². The zero-order valence-electron chi connectivity index (χ0n) is 16.0. The average Bonchev–Trinajstić information content (AvgIpc) is 2.94. The maximum Gasteiger partial charge on any atom is 0.270 e. The SMILES string of the molecule is CCOc1ccc(CN(C)C(=O)CN2C(=O)c3ccc([N+](=O)[O-])cc3C2=O)cc1. The molecule has 2 aromatic rings. The molecule has 150 valence electrons. The van der Waals surface area contributed by atoms with Gasteiger partial charge in [-0.05, 0) is 30.7 Å². The van der Waals surface area contributed by atoms with Crippen LogP contribution >= 0.6 is 0 Å². The van der Waals surface area contributed by atoms with Crippen molar-refractivity contribution in [3.8, 4) is 5.75 Å². The van der Waals surface area contributed by atoms with Gasteiger partial charge in [-0.3, -0.25) is 29.4 Å². The lowest BCUT2D eigenvalue weighted by Crippen LogP contribution is -2.40. The van der Waals surface area contributed by atoms with Gasteiger partial charge in [0.15, 0.2) is 0 Å². The second-order valence-corrected chi connectivity index (χ2v) is 6.51. The number of nitrogens with zero attached hydrogens (tertiary/aromatic N) is 3. The Hall–Kier alpha value is -3.75. The minimum atomic E-state index is -0.712. The molecule has 2 aromatic carbocycles. The number of ether oxygens (including phenoxy) is 1. The molecule has 1 heterocycles. The van der Waals surface area contributed by atoms with Crippen molar-refractivity contribution >= 4 is 23.4 Å². The first kappa shape index (κ1) is 20.0. The molecule has 3 rings (SSSR count). The summed E-state index contributed by atoms with van der Waals surface area (Å²) in [5.41, 5.74) is 0.571. The quantitative estimate of drug-likeness (QED) is 0.403. The van der Waals surface area contributed by atoms with Crippen LogP contribution in [-0.4, -0.2) is 52.6 Å². The Morgan fingerprint density at radius 1 is 1.10 bits per heavy atom. The highest BCUT2D eigenvalue weighted by Gasteiger charge is 2.38. The van der Waals surface area contributed by atoms with Gasteiger partial charge in [0.05, 0.1) is 22.7 Å². The van der Waals surface area contributed by atoms with E-state index in [2.05, 4.69) is 0 Å². The molecule has 0 aromatic heterocycles. The predicted octanol–water partition coefficient (Wildman–Crippen LogP) is 2.25. The van der Waals surface area contributed by atoms with Gasteiger partial charge < -0.3 is 9.64 Å². The number of imide groups is 1. The third-order valence-corrected chi connectivity index (χ3v) is 4.54. The zero-order chi connectivity index (χ0) is 21.1. The van der Waals surface area contributed by atoms with Gasteiger partial charge in [-0.15, -0.1) is 0 Å². The van der Waals surface area contributed by atoms with Crippen molar-refractivity contribution in [2.45, 2.75) is 13.5 Å². The maximum atomic E-state index is 12.5. The van der Waals surface area contributed by atoms with Crippen LogP contribution in [0.4, 0.5) is 5.69 Å². The molecule has 0 aliphatic carbocycles. The fourth-order valence-corrected chi connectivity index (χ4v) is 3.01. The van der Waals surface area contributed by atoms with Gasteiger partial charge in [-0.25, -0.2) is 0 Å². The van der Waals surface area contributed by atoms with Crippen molar-refractivity contribution in [2.75, 3.05) is 20.2 Å². The number of hydrogen-bond acceptors (Lipinski definition) is 6. The van der Waals surface area contributed by atoms with Crippen molar-refractivity contribution in [2.24, 2.45) is 0 Å². The van der Waals surface area contributed by atoms with Gasteiger partial charge >= 0.3 is 0 Å². The first-order valence-corrected chi connectivity index (χ1v) is 8.92. The number of nitro benzene ring substituents is 1. The number of carbonyl (C=O) groups excluding carboxylic acids is 3. The number of fused-ring (bicyclic) bond motifs is 1. The first-order chi connectivity index (χ1) is 13.8. The van der Waals surface area contributed by atoms with E-state index < -0.39 is 29.2 Å². The van der Waals surface area contributed by atoms with E-state index in [-0.39, 0.29) is 16.8 Å². The van der Waals surface area contributed by atoms with E-state index in [0.717, 1.165) is 28.3 Å². The molecule has 1 aliphatic heterocycles. The van der Waals surface area contributed by atoms with Crippen LogP contribution in [0.15, 0.2) is 42.5 Å². The summed E-state index contributed by atoms with van der Waals surface area (Å²) in [5, 5.41) is 10.9. The molecule has 9 heteroatoms. The molecule has 0 fully saturated rings. The van der Waals surface area contributed by atoms with Gasteiger partial charge in [-0.2, -0.15) is 0 Å². The smallest absolute Gasteiger partial charge is 0.270 e. The van der Waals surface area contributed by atoms with Crippen LogP contribution in [0.3, 0.4) is 0 Å². The van der Waals surface area contributed by atoms with E-state index in [4.69, 9.17) is 4.74 Å². The van der Waals surface area contributed by atoms with Crippen molar-refractivity contribution in [3.05, 3.63) is 69.3 Å². The molecular formula is C20H19N3O6. The predicted molar refractivity (Wildman–Crippen MR) is 103 cm³/mol. The zero-order valence-corrected chi connectivity index (χ0v) is 16.0. The summed E-state index contributed by atoms with van der Waals surface area (Å²) in [6.45, 7) is 2.30. The summed E-state index contributed by atoms with van der Waals surface area (Å²) in [6, 6.07) is 10.7. The molecule has 0 atom stereocenters. The topological polar surface area (TPSA) is 110 Å². The van der Waals surface area contributed by atoms with E-state index in [1.165, 1.54) is 11.0 Å². The molecule has 3 amide bonds. The number of hydrogen-bond donors (Lipinski definition) is 0. The minimum absolute atomic E-state index is 0.0579. The summed E-state index contributed by atoms with van der Waals surface area (Å²) in [5.74, 6) is -1.05. The average molecular weight is 397 g/mol. The fraction of sp³-hybridized carbons (Fsp3) is 0.250. The number of rotatable bonds is 7. The van der Waals surface area contributed by atoms with Crippen LogP contribution in [0.25, 0.3) is 0 Å². The van der Waals surface area contributed by atoms with Crippen molar-refractivity contribution in [3.63, 3.8) is 0 Å². The third kappa shape index (κ3) is 4.08. The fourth-order valence-electron chi connectivity index (χ4n) is 3.01. The molecule has 0 radical (unpaired) electrons. The lowest BCUT2D eigenvalue weighted by Gasteiger charge is -2.21. The van der Waals surface area contributed by atoms with Crippen LogP contribution in [0.2, 0.25) is 0 Å². The molecule has 29 heavy (non-hydrogen) atoms. The van der Waals surface area contributed by atoms with Crippen molar-refractivity contribution in [1.82, 2.24) is 9.80 Å². The lowest BCUT2D eigenvalue weighted by molar-refractivity contribution is -0.384. The molecule has 0 spiro atoms. The normalized spacial score (nSPS) is 12.7. The number of likely N-dealkylation sites (N-methyl/N-ethyl adjacent to an activating group) is 1. The van der Waals surface area contributed by atoms with Gasteiger partial charge in [0.25, 0.3) is 17.5 Å². The maximum absolute atomic E-state index is 12.5. The van der Waals surface area contributed by atoms with E-state index in [0.29, 0.717) is 13.2 Å². The summed E-state index contributed by atoms with van der Waals surface area (Å²) in [4.78, 5) is 50.0. The van der Waals surface area contributed by atoms with Crippen LogP contribution in [0.1, 0.15) is 33.2 Å². The molecule has 0 saturated heterocycles.